The summed E-state index contributed by atoms with van der Waals surface area (Å²) in [4.78, 5) is 36.6. The second kappa shape index (κ2) is 14.2. The van der Waals surface area contributed by atoms with Gasteiger partial charge in [0.15, 0.2) is 11.5 Å². The van der Waals surface area contributed by atoms with Gasteiger partial charge in [-0.3, -0.25) is 9.59 Å². The van der Waals surface area contributed by atoms with Gasteiger partial charge >= 0.3 is 5.97 Å². The molecule has 0 unspecified atom stereocenters. The van der Waals surface area contributed by atoms with Gasteiger partial charge in [-0.1, -0.05) is 84.9 Å². The molecule has 2 amide bonds. The molecule has 204 valence electrons. The summed E-state index contributed by atoms with van der Waals surface area (Å²) in [6.07, 6.45) is 0.00830. The number of carbonyl (C=O) groups is 3. The zero-order valence-electron chi connectivity index (χ0n) is 21.8. The van der Waals surface area contributed by atoms with Crippen molar-refractivity contribution >= 4 is 17.8 Å². The largest absolute Gasteiger partial charge is 0.485 e. The minimum Gasteiger partial charge on any atom is -0.485 e. The van der Waals surface area contributed by atoms with Crippen LogP contribution in [0.2, 0.25) is 0 Å². The van der Waals surface area contributed by atoms with Gasteiger partial charge in [0, 0.05) is 12.0 Å². The van der Waals surface area contributed by atoms with E-state index in [9.17, 15) is 19.5 Å². The van der Waals surface area contributed by atoms with Crippen molar-refractivity contribution in [3.05, 3.63) is 131 Å². The Morgan fingerprint density at radius 3 is 1.80 bits per heavy atom. The van der Waals surface area contributed by atoms with Crippen LogP contribution in [0.3, 0.4) is 0 Å². The highest BCUT2D eigenvalue weighted by atomic mass is 16.5. The molecule has 4 aromatic carbocycles. The number of nitrogens with one attached hydrogen (secondary N) is 2. The van der Waals surface area contributed by atoms with Crippen LogP contribution < -0.4 is 20.1 Å². The van der Waals surface area contributed by atoms with Gasteiger partial charge in [-0.2, -0.15) is 0 Å². The third kappa shape index (κ3) is 8.46. The molecule has 0 aliphatic heterocycles. The Kier molecular flexibility index (Phi) is 9.88. The van der Waals surface area contributed by atoms with E-state index >= 15 is 0 Å². The van der Waals surface area contributed by atoms with Gasteiger partial charge in [0.2, 0.25) is 5.91 Å². The molecule has 8 nitrogen and oxygen atoms in total. The summed E-state index contributed by atoms with van der Waals surface area (Å²) >= 11 is 0. The van der Waals surface area contributed by atoms with E-state index in [2.05, 4.69) is 10.6 Å². The molecule has 8 heteroatoms. The van der Waals surface area contributed by atoms with Gasteiger partial charge in [-0.15, -0.1) is 0 Å². The van der Waals surface area contributed by atoms with Crippen molar-refractivity contribution in [3.63, 3.8) is 0 Å². The van der Waals surface area contributed by atoms with E-state index in [1.165, 1.54) is 0 Å². The number of carboxylic acid groups (broad SMARTS) is 1. The van der Waals surface area contributed by atoms with E-state index in [4.69, 9.17) is 9.47 Å². The lowest BCUT2D eigenvalue weighted by Crippen LogP contribution is -2.46. The number of amides is 2. The van der Waals surface area contributed by atoms with E-state index in [1.54, 1.807) is 48.5 Å². The number of rotatable bonds is 13. The van der Waals surface area contributed by atoms with Crippen LogP contribution in [-0.2, 0) is 29.2 Å². The van der Waals surface area contributed by atoms with Crippen molar-refractivity contribution in [2.45, 2.75) is 25.7 Å². The van der Waals surface area contributed by atoms with Crippen molar-refractivity contribution in [3.8, 4) is 11.5 Å². The maximum absolute atomic E-state index is 12.5. The summed E-state index contributed by atoms with van der Waals surface area (Å²) in [6, 6.07) is 31.8. The summed E-state index contributed by atoms with van der Waals surface area (Å²) in [5, 5.41) is 14.8. The SMILES string of the molecule is O=C(CNC(=O)c1ccccc1)N[C@H](Cc1ccc(OCc2ccccc2)c(OCc2ccccc2)c1)C(=O)O. The fourth-order valence-electron chi connectivity index (χ4n) is 3.92. The molecule has 0 radical (unpaired) electrons. The zero-order valence-corrected chi connectivity index (χ0v) is 21.8. The average Bonchev–Trinajstić information content (AvgIpc) is 2.99. The van der Waals surface area contributed by atoms with Crippen molar-refractivity contribution in [2.75, 3.05) is 6.54 Å². The molecule has 0 aliphatic carbocycles. The van der Waals surface area contributed by atoms with Gasteiger partial charge in [0.25, 0.3) is 5.91 Å². The summed E-state index contributed by atoms with van der Waals surface area (Å²) in [6.45, 7) is 0.284. The Hall–Kier alpha value is -5.11. The van der Waals surface area contributed by atoms with Crippen LogP contribution in [0.5, 0.6) is 11.5 Å². The Balaban J connectivity index is 1.42. The van der Waals surface area contributed by atoms with Crippen molar-refractivity contribution in [1.82, 2.24) is 10.6 Å². The van der Waals surface area contributed by atoms with Crippen LogP contribution in [0.15, 0.2) is 109 Å². The second-order valence-electron chi connectivity index (χ2n) is 9.04. The molecule has 0 fully saturated rings. The summed E-state index contributed by atoms with van der Waals surface area (Å²) in [7, 11) is 0. The molecule has 1 atom stereocenters. The number of benzene rings is 4. The highest BCUT2D eigenvalue weighted by Crippen LogP contribution is 2.30. The first-order chi connectivity index (χ1) is 19.5. The molecule has 0 spiro atoms. The third-order valence-corrected chi connectivity index (χ3v) is 6.00. The number of aliphatic carboxylic acids is 1. The molecule has 0 saturated carbocycles. The first kappa shape index (κ1) is 27.9. The molecule has 40 heavy (non-hydrogen) atoms. The predicted molar refractivity (Wildman–Crippen MR) is 150 cm³/mol. The van der Waals surface area contributed by atoms with Crippen molar-refractivity contribution in [2.24, 2.45) is 0 Å². The number of carboxylic acids is 1. The van der Waals surface area contributed by atoms with E-state index in [-0.39, 0.29) is 13.0 Å². The molecule has 0 aliphatic rings. The standard InChI is InChI=1S/C32H30N2O6/c35-30(20-33-31(36)26-14-8-3-9-15-26)34-27(32(37)38)18-25-16-17-28(39-21-23-10-4-1-5-11-23)29(19-25)40-22-24-12-6-2-7-13-24/h1-17,19,27H,18,20-22H2,(H,33,36)(H,34,35)(H,37,38)/t27-/m1/s1. The quantitative estimate of drug-likeness (QED) is 0.233. The van der Waals surface area contributed by atoms with Crippen LogP contribution in [-0.4, -0.2) is 35.5 Å². The Morgan fingerprint density at radius 2 is 1.23 bits per heavy atom. The molecule has 3 N–H and O–H groups in total. The molecular weight excluding hydrogens is 508 g/mol. The Morgan fingerprint density at radius 1 is 0.675 bits per heavy atom. The monoisotopic (exact) mass is 538 g/mol. The minimum atomic E-state index is -1.21. The molecule has 0 saturated heterocycles. The van der Waals surface area contributed by atoms with Crippen LogP contribution >= 0.6 is 0 Å². The minimum absolute atomic E-state index is 0.00830. The van der Waals surface area contributed by atoms with Crippen LogP contribution in [0.4, 0.5) is 0 Å². The van der Waals surface area contributed by atoms with Crippen LogP contribution in [0.1, 0.15) is 27.0 Å². The lowest BCUT2D eigenvalue weighted by Gasteiger charge is -2.18. The van der Waals surface area contributed by atoms with Crippen molar-refractivity contribution < 1.29 is 29.0 Å². The maximum atomic E-state index is 12.5. The van der Waals surface area contributed by atoms with E-state index in [0.29, 0.717) is 35.8 Å². The molecule has 4 aromatic rings. The first-order valence-electron chi connectivity index (χ1n) is 12.8. The van der Waals surface area contributed by atoms with Gasteiger partial charge < -0.3 is 25.2 Å². The summed E-state index contributed by atoms with van der Waals surface area (Å²) in [5.41, 5.74) is 3.00. The number of hydrogen-bond donors (Lipinski definition) is 3. The topological polar surface area (TPSA) is 114 Å². The molecular formula is C32H30N2O6. The predicted octanol–water partition coefficient (Wildman–Crippen LogP) is 4.39. The third-order valence-electron chi connectivity index (χ3n) is 6.00. The fraction of sp³-hybridized carbons (Fsp3) is 0.156. The number of ether oxygens (including phenoxy) is 2. The first-order valence-corrected chi connectivity index (χ1v) is 12.8. The summed E-state index contributed by atoms with van der Waals surface area (Å²) < 4.78 is 12.1. The Bertz CT molecular complexity index is 1410. The lowest BCUT2D eigenvalue weighted by molar-refractivity contribution is -0.141. The van der Waals surface area contributed by atoms with E-state index in [1.807, 2.05) is 60.7 Å². The van der Waals surface area contributed by atoms with E-state index < -0.39 is 23.8 Å². The van der Waals surface area contributed by atoms with Gasteiger partial charge in [0.1, 0.15) is 19.3 Å². The normalized spacial score (nSPS) is 11.2. The average molecular weight is 539 g/mol. The fourth-order valence-corrected chi connectivity index (χ4v) is 3.92. The lowest BCUT2D eigenvalue weighted by atomic mass is 10.0. The second-order valence-corrected chi connectivity index (χ2v) is 9.04. The van der Waals surface area contributed by atoms with Crippen LogP contribution in [0.25, 0.3) is 0 Å². The Labute approximate surface area is 232 Å². The maximum Gasteiger partial charge on any atom is 0.326 e. The summed E-state index contributed by atoms with van der Waals surface area (Å²) in [5.74, 6) is -1.25. The van der Waals surface area contributed by atoms with Gasteiger partial charge in [-0.05, 0) is 41.0 Å². The van der Waals surface area contributed by atoms with E-state index in [0.717, 1.165) is 11.1 Å². The van der Waals surface area contributed by atoms with Gasteiger partial charge in [0.05, 0.1) is 6.54 Å². The highest BCUT2D eigenvalue weighted by molar-refractivity contribution is 5.96. The smallest absolute Gasteiger partial charge is 0.326 e. The number of hydrogen-bond acceptors (Lipinski definition) is 5. The molecule has 0 heterocycles. The van der Waals surface area contributed by atoms with Crippen LogP contribution in [0, 0.1) is 0 Å². The van der Waals surface area contributed by atoms with Gasteiger partial charge in [-0.25, -0.2) is 4.79 Å². The molecule has 0 bridgehead atoms. The van der Waals surface area contributed by atoms with Crippen molar-refractivity contribution in [1.29, 1.82) is 0 Å². The highest BCUT2D eigenvalue weighted by Gasteiger charge is 2.22. The zero-order chi connectivity index (χ0) is 28.2. The molecule has 0 aromatic heterocycles. The molecule has 4 rings (SSSR count). The number of carbonyl (C=O) groups excluding carboxylic acids is 2.